The molecule has 1 aromatic heterocycles. The molecule has 1 amide bonds. The number of fused-ring (bicyclic) bond motifs is 1. The number of para-hydroxylation sites is 2. The molecule has 0 saturated heterocycles. The van der Waals surface area contributed by atoms with Crippen molar-refractivity contribution in [3.8, 4) is 0 Å². The highest BCUT2D eigenvalue weighted by molar-refractivity contribution is 6.29. The molecule has 0 fully saturated rings. The van der Waals surface area contributed by atoms with Crippen LogP contribution in [0.15, 0.2) is 30.5 Å². The van der Waals surface area contributed by atoms with Crippen molar-refractivity contribution in [1.82, 2.24) is 9.97 Å². The van der Waals surface area contributed by atoms with E-state index in [0.29, 0.717) is 5.82 Å². The summed E-state index contributed by atoms with van der Waals surface area (Å²) in [7, 11) is 0. The second kappa shape index (κ2) is 4.23. The van der Waals surface area contributed by atoms with Crippen LogP contribution in [0, 0.1) is 0 Å². The van der Waals surface area contributed by atoms with Crippen molar-refractivity contribution in [2.24, 2.45) is 0 Å². The molecule has 5 heteroatoms. The van der Waals surface area contributed by atoms with Gasteiger partial charge in [-0.3, -0.25) is 9.78 Å². The summed E-state index contributed by atoms with van der Waals surface area (Å²) < 4.78 is 0. The zero-order chi connectivity index (χ0) is 10.7. The highest BCUT2D eigenvalue weighted by Gasteiger charge is 2.02. The van der Waals surface area contributed by atoms with E-state index in [9.17, 15) is 4.79 Å². The zero-order valence-corrected chi connectivity index (χ0v) is 8.53. The van der Waals surface area contributed by atoms with Gasteiger partial charge in [-0.05, 0) is 12.1 Å². The predicted molar refractivity (Wildman–Crippen MR) is 58.9 cm³/mol. The zero-order valence-electron chi connectivity index (χ0n) is 7.77. The predicted octanol–water partition coefficient (Wildman–Crippen LogP) is 1.81. The Bertz CT molecular complexity index is 501. The number of amides is 1. The van der Waals surface area contributed by atoms with Gasteiger partial charge in [0, 0.05) is 0 Å². The van der Waals surface area contributed by atoms with Gasteiger partial charge in [-0.2, -0.15) is 0 Å². The lowest BCUT2D eigenvalue weighted by Gasteiger charge is -2.02. The minimum absolute atomic E-state index is 0.0888. The van der Waals surface area contributed by atoms with Crippen LogP contribution in [0.4, 0.5) is 5.82 Å². The van der Waals surface area contributed by atoms with E-state index in [4.69, 9.17) is 11.6 Å². The average Bonchev–Trinajstić information content (AvgIpc) is 2.29. The lowest BCUT2D eigenvalue weighted by molar-refractivity contribution is -0.113. The molecule has 1 heterocycles. The fourth-order valence-corrected chi connectivity index (χ4v) is 1.26. The maximum atomic E-state index is 11.0. The highest BCUT2D eigenvalue weighted by atomic mass is 35.5. The quantitative estimate of drug-likeness (QED) is 0.787. The molecular formula is C10H8ClN3O. The van der Waals surface area contributed by atoms with E-state index in [1.165, 1.54) is 6.20 Å². The number of nitrogens with zero attached hydrogens (tertiary/aromatic N) is 2. The van der Waals surface area contributed by atoms with Crippen LogP contribution >= 0.6 is 11.6 Å². The second-order valence-electron chi connectivity index (χ2n) is 2.93. The first-order valence-corrected chi connectivity index (χ1v) is 4.90. The highest BCUT2D eigenvalue weighted by Crippen LogP contribution is 2.10. The van der Waals surface area contributed by atoms with Crippen LogP contribution in [0.1, 0.15) is 0 Å². The van der Waals surface area contributed by atoms with Gasteiger partial charge in [0.1, 0.15) is 5.88 Å². The topological polar surface area (TPSA) is 54.9 Å². The first-order valence-electron chi connectivity index (χ1n) is 4.37. The number of benzene rings is 1. The lowest BCUT2D eigenvalue weighted by Crippen LogP contribution is -2.13. The summed E-state index contributed by atoms with van der Waals surface area (Å²) in [5.41, 5.74) is 1.53. The third-order valence-electron chi connectivity index (χ3n) is 1.84. The second-order valence-corrected chi connectivity index (χ2v) is 3.19. The smallest absolute Gasteiger partial charge is 0.240 e. The molecule has 2 rings (SSSR count). The Balaban J connectivity index is 2.34. The molecule has 0 unspecified atom stereocenters. The number of carbonyl (C=O) groups excluding carboxylic acids is 1. The number of anilines is 1. The van der Waals surface area contributed by atoms with Crippen LogP contribution in [-0.4, -0.2) is 21.8 Å². The Kier molecular flexibility index (Phi) is 2.78. The number of hydrogen-bond acceptors (Lipinski definition) is 3. The van der Waals surface area contributed by atoms with Gasteiger partial charge in [0.2, 0.25) is 5.91 Å². The fraction of sp³-hybridized carbons (Fsp3) is 0.100. The number of alkyl halides is 1. The number of nitrogens with one attached hydrogen (secondary N) is 1. The SMILES string of the molecule is O=C(CCl)Nc1cnc2ccccc2n1. The molecule has 1 N–H and O–H groups in total. The molecule has 0 saturated carbocycles. The maximum Gasteiger partial charge on any atom is 0.240 e. The lowest BCUT2D eigenvalue weighted by atomic mass is 10.3. The van der Waals surface area contributed by atoms with Crippen LogP contribution in [0.2, 0.25) is 0 Å². The van der Waals surface area contributed by atoms with Gasteiger partial charge in [-0.25, -0.2) is 4.98 Å². The molecule has 0 radical (unpaired) electrons. The maximum absolute atomic E-state index is 11.0. The van der Waals surface area contributed by atoms with Gasteiger partial charge in [0.25, 0.3) is 0 Å². The monoisotopic (exact) mass is 221 g/mol. The Morgan fingerprint density at radius 1 is 1.33 bits per heavy atom. The molecule has 0 aliphatic rings. The Hall–Kier alpha value is -1.68. The third-order valence-corrected chi connectivity index (χ3v) is 2.08. The van der Waals surface area contributed by atoms with Crippen LogP contribution in [0.3, 0.4) is 0 Å². The number of rotatable bonds is 2. The van der Waals surface area contributed by atoms with E-state index in [2.05, 4.69) is 15.3 Å². The number of halogens is 1. The van der Waals surface area contributed by atoms with Crippen LogP contribution in [0.5, 0.6) is 0 Å². The van der Waals surface area contributed by atoms with Gasteiger partial charge in [0.05, 0.1) is 17.2 Å². The molecule has 2 aromatic rings. The number of hydrogen-bond donors (Lipinski definition) is 1. The molecule has 0 aliphatic carbocycles. The van der Waals surface area contributed by atoms with Crippen molar-refractivity contribution >= 4 is 34.4 Å². The molecule has 0 atom stereocenters. The standard InChI is InChI=1S/C10H8ClN3O/c11-5-10(15)14-9-6-12-7-3-1-2-4-8(7)13-9/h1-4,6H,5H2,(H,13,14,15). The van der Waals surface area contributed by atoms with E-state index >= 15 is 0 Å². The summed E-state index contributed by atoms with van der Waals surface area (Å²) in [6, 6.07) is 7.44. The summed E-state index contributed by atoms with van der Waals surface area (Å²) in [5.74, 6) is 0.0368. The summed E-state index contributed by atoms with van der Waals surface area (Å²) in [6.07, 6.45) is 1.51. The summed E-state index contributed by atoms with van der Waals surface area (Å²) >= 11 is 5.36. The Morgan fingerprint density at radius 2 is 2.07 bits per heavy atom. The van der Waals surface area contributed by atoms with Crippen LogP contribution in [-0.2, 0) is 4.79 Å². The molecule has 15 heavy (non-hydrogen) atoms. The Labute approximate surface area is 91.3 Å². The van der Waals surface area contributed by atoms with Crippen molar-refractivity contribution < 1.29 is 4.79 Å². The van der Waals surface area contributed by atoms with E-state index < -0.39 is 0 Å². The number of aromatic nitrogens is 2. The van der Waals surface area contributed by atoms with Crippen molar-refractivity contribution in [2.45, 2.75) is 0 Å². The normalized spacial score (nSPS) is 10.2. The van der Waals surface area contributed by atoms with Gasteiger partial charge in [-0.1, -0.05) is 12.1 Å². The summed E-state index contributed by atoms with van der Waals surface area (Å²) in [5, 5.41) is 2.54. The molecule has 0 spiro atoms. The van der Waals surface area contributed by atoms with E-state index in [-0.39, 0.29) is 11.8 Å². The number of carbonyl (C=O) groups is 1. The van der Waals surface area contributed by atoms with Crippen molar-refractivity contribution in [3.05, 3.63) is 30.5 Å². The molecule has 0 aliphatic heterocycles. The largest absolute Gasteiger partial charge is 0.308 e. The summed E-state index contributed by atoms with van der Waals surface area (Å²) in [6.45, 7) is 0. The van der Waals surface area contributed by atoms with Gasteiger partial charge in [0.15, 0.2) is 5.82 Å². The first-order chi connectivity index (χ1) is 7.29. The third kappa shape index (κ3) is 2.22. The average molecular weight is 222 g/mol. The minimum Gasteiger partial charge on any atom is -0.308 e. The summed E-state index contributed by atoms with van der Waals surface area (Å²) in [4.78, 5) is 19.4. The first kappa shape index (κ1) is 9.86. The molecule has 0 bridgehead atoms. The van der Waals surface area contributed by atoms with Crippen LogP contribution in [0.25, 0.3) is 11.0 Å². The van der Waals surface area contributed by atoms with Crippen molar-refractivity contribution in [3.63, 3.8) is 0 Å². The van der Waals surface area contributed by atoms with Gasteiger partial charge < -0.3 is 5.32 Å². The van der Waals surface area contributed by atoms with Crippen molar-refractivity contribution in [2.75, 3.05) is 11.2 Å². The van der Waals surface area contributed by atoms with E-state index in [0.717, 1.165) is 11.0 Å². The Morgan fingerprint density at radius 3 is 2.80 bits per heavy atom. The van der Waals surface area contributed by atoms with E-state index in [1.54, 1.807) is 0 Å². The van der Waals surface area contributed by atoms with Crippen molar-refractivity contribution in [1.29, 1.82) is 0 Å². The fourth-order valence-electron chi connectivity index (χ4n) is 1.19. The van der Waals surface area contributed by atoms with Gasteiger partial charge >= 0.3 is 0 Å². The molecule has 1 aromatic carbocycles. The van der Waals surface area contributed by atoms with E-state index in [1.807, 2.05) is 24.3 Å². The van der Waals surface area contributed by atoms with Crippen LogP contribution < -0.4 is 5.32 Å². The van der Waals surface area contributed by atoms with Gasteiger partial charge in [-0.15, -0.1) is 11.6 Å². The minimum atomic E-state index is -0.291. The molecule has 76 valence electrons. The molecule has 4 nitrogen and oxygen atoms in total. The molecular weight excluding hydrogens is 214 g/mol.